The zero-order valence-corrected chi connectivity index (χ0v) is 8.03. The van der Waals surface area contributed by atoms with Crippen molar-refractivity contribution in [2.75, 3.05) is 19.2 Å². The molecule has 1 aliphatic heterocycles. The van der Waals surface area contributed by atoms with Crippen LogP contribution in [0.1, 0.15) is 18.5 Å². The Morgan fingerprint density at radius 1 is 1.62 bits per heavy atom. The van der Waals surface area contributed by atoms with Gasteiger partial charge >= 0.3 is 0 Å². The van der Waals surface area contributed by atoms with Crippen molar-refractivity contribution in [3.63, 3.8) is 0 Å². The lowest BCUT2D eigenvalue weighted by Gasteiger charge is -2.10. The van der Waals surface area contributed by atoms with Gasteiger partial charge in [-0.05, 0) is 13.0 Å². The van der Waals surface area contributed by atoms with Crippen LogP contribution in [-0.2, 0) is 0 Å². The van der Waals surface area contributed by atoms with Crippen molar-refractivity contribution in [1.82, 2.24) is 10.4 Å². The summed E-state index contributed by atoms with van der Waals surface area (Å²) in [5, 5.41) is 1.92. The van der Waals surface area contributed by atoms with Crippen molar-refractivity contribution in [3.05, 3.63) is 17.8 Å². The summed E-state index contributed by atoms with van der Waals surface area (Å²) < 4.78 is 5.27. The third-order valence-electron chi connectivity index (χ3n) is 2.29. The van der Waals surface area contributed by atoms with E-state index in [0.717, 1.165) is 17.1 Å². The molecule has 0 bridgehead atoms. The normalized spacial score (nSPS) is 20.2. The van der Waals surface area contributed by atoms with Crippen LogP contribution in [0.4, 0.5) is 5.82 Å². The molecule has 1 atom stereocenters. The van der Waals surface area contributed by atoms with Gasteiger partial charge in [0.1, 0.15) is 5.75 Å². The van der Waals surface area contributed by atoms with Crippen LogP contribution in [0.2, 0.25) is 0 Å². The topological polar surface area (TPSA) is 37.4 Å². The Balaban J connectivity index is 2.55. The maximum atomic E-state index is 5.27. The largest absolute Gasteiger partial charge is 0.496 e. The second-order valence-corrected chi connectivity index (χ2v) is 3.16. The molecule has 0 aromatic carbocycles. The Bertz CT molecular complexity index is 327. The fraction of sp³-hybridized carbons (Fsp3) is 0.444. The van der Waals surface area contributed by atoms with Gasteiger partial charge in [-0.2, -0.15) is 0 Å². The number of methoxy groups -OCH3 is 1. The fourth-order valence-electron chi connectivity index (χ4n) is 1.71. The van der Waals surface area contributed by atoms with Gasteiger partial charge in [0, 0.05) is 13.2 Å². The van der Waals surface area contributed by atoms with E-state index in [1.54, 1.807) is 13.3 Å². The minimum atomic E-state index is 0.267. The summed E-state index contributed by atoms with van der Waals surface area (Å²) >= 11 is 0. The number of hydrogen-bond donors (Lipinski definition) is 1. The number of pyridine rings is 1. The maximum absolute atomic E-state index is 5.27. The van der Waals surface area contributed by atoms with Crippen LogP contribution in [0.15, 0.2) is 12.3 Å². The molecule has 0 saturated carbocycles. The van der Waals surface area contributed by atoms with Crippen molar-refractivity contribution < 1.29 is 4.74 Å². The third-order valence-corrected chi connectivity index (χ3v) is 2.29. The highest BCUT2D eigenvalue weighted by Crippen LogP contribution is 2.36. The molecule has 1 aromatic heterocycles. The van der Waals surface area contributed by atoms with E-state index in [0.29, 0.717) is 0 Å². The summed E-state index contributed by atoms with van der Waals surface area (Å²) in [5.41, 5.74) is 4.38. The highest BCUT2D eigenvalue weighted by molar-refractivity contribution is 5.57. The van der Waals surface area contributed by atoms with Gasteiger partial charge in [0.15, 0.2) is 5.82 Å². The molecule has 0 saturated heterocycles. The van der Waals surface area contributed by atoms with Gasteiger partial charge in [0.2, 0.25) is 0 Å². The van der Waals surface area contributed by atoms with Gasteiger partial charge in [-0.1, -0.05) is 0 Å². The van der Waals surface area contributed by atoms with E-state index in [1.165, 1.54) is 0 Å². The van der Waals surface area contributed by atoms with E-state index in [1.807, 2.05) is 18.1 Å². The first-order valence-corrected chi connectivity index (χ1v) is 4.27. The fourth-order valence-corrected chi connectivity index (χ4v) is 1.71. The molecular weight excluding hydrogens is 166 g/mol. The van der Waals surface area contributed by atoms with E-state index in [4.69, 9.17) is 4.74 Å². The Kier molecular flexibility index (Phi) is 1.84. The summed E-state index contributed by atoms with van der Waals surface area (Å²) in [6, 6.07) is 2.15. The predicted molar refractivity (Wildman–Crippen MR) is 50.7 cm³/mol. The molecule has 2 rings (SSSR count). The van der Waals surface area contributed by atoms with Crippen molar-refractivity contribution >= 4 is 5.82 Å². The van der Waals surface area contributed by atoms with Gasteiger partial charge in [0.05, 0.1) is 18.7 Å². The van der Waals surface area contributed by atoms with Crippen molar-refractivity contribution in [3.8, 4) is 5.75 Å². The lowest BCUT2D eigenvalue weighted by Crippen LogP contribution is -2.29. The molecule has 70 valence electrons. The number of hydrazine groups is 1. The molecule has 0 radical (unpaired) electrons. The first-order valence-electron chi connectivity index (χ1n) is 4.27. The Hall–Kier alpha value is -1.29. The van der Waals surface area contributed by atoms with Crippen LogP contribution in [0.3, 0.4) is 0 Å². The average Bonchev–Trinajstić information content (AvgIpc) is 2.43. The van der Waals surface area contributed by atoms with Crippen LogP contribution >= 0.6 is 0 Å². The quantitative estimate of drug-likeness (QED) is 0.700. The van der Waals surface area contributed by atoms with E-state index < -0.39 is 0 Å². The number of fused-ring (bicyclic) bond motifs is 1. The lowest BCUT2D eigenvalue weighted by atomic mass is 10.1. The highest BCUT2D eigenvalue weighted by atomic mass is 16.5. The summed E-state index contributed by atoms with van der Waals surface area (Å²) in [6.07, 6.45) is 1.76. The number of nitrogens with zero attached hydrogens (tertiary/aromatic N) is 2. The zero-order chi connectivity index (χ0) is 9.42. The highest BCUT2D eigenvalue weighted by Gasteiger charge is 2.26. The van der Waals surface area contributed by atoms with Gasteiger partial charge in [-0.3, -0.25) is 5.01 Å². The van der Waals surface area contributed by atoms with Gasteiger partial charge in [0.25, 0.3) is 0 Å². The zero-order valence-electron chi connectivity index (χ0n) is 8.03. The number of hydrogen-bond acceptors (Lipinski definition) is 4. The Morgan fingerprint density at radius 2 is 2.38 bits per heavy atom. The van der Waals surface area contributed by atoms with Gasteiger partial charge in [-0.15, -0.1) is 0 Å². The van der Waals surface area contributed by atoms with Crippen LogP contribution in [0, 0.1) is 0 Å². The van der Waals surface area contributed by atoms with E-state index in [-0.39, 0.29) is 6.04 Å². The third kappa shape index (κ3) is 1.14. The Labute approximate surface area is 77.5 Å². The number of nitrogens with one attached hydrogen (secondary N) is 1. The summed E-state index contributed by atoms with van der Waals surface area (Å²) in [7, 11) is 3.63. The lowest BCUT2D eigenvalue weighted by molar-refractivity contribution is 0.406. The van der Waals surface area contributed by atoms with E-state index in [2.05, 4.69) is 17.3 Å². The molecule has 0 fully saturated rings. The number of aromatic nitrogens is 1. The molecule has 13 heavy (non-hydrogen) atoms. The first-order chi connectivity index (χ1) is 6.24. The van der Waals surface area contributed by atoms with Crippen LogP contribution in [0.5, 0.6) is 5.75 Å². The van der Waals surface area contributed by atoms with E-state index in [9.17, 15) is 0 Å². The molecule has 4 heteroatoms. The molecule has 1 N–H and O–H groups in total. The monoisotopic (exact) mass is 179 g/mol. The molecule has 0 aliphatic carbocycles. The standard InChI is InChI=1S/C9H13N3O/c1-6-8-7(13-3)4-5-10-9(8)12(2)11-6/h4-6,11H,1-3H3. The molecular formula is C9H13N3O. The van der Waals surface area contributed by atoms with E-state index >= 15 is 0 Å². The smallest absolute Gasteiger partial charge is 0.151 e. The number of anilines is 1. The molecule has 4 nitrogen and oxygen atoms in total. The van der Waals surface area contributed by atoms with Crippen molar-refractivity contribution in [2.45, 2.75) is 13.0 Å². The minimum absolute atomic E-state index is 0.267. The number of rotatable bonds is 1. The molecule has 1 unspecified atom stereocenters. The Morgan fingerprint density at radius 3 is 3.08 bits per heavy atom. The molecule has 1 aliphatic rings. The van der Waals surface area contributed by atoms with Crippen LogP contribution in [-0.4, -0.2) is 19.1 Å². The first kappa shape index (κ1) is 8.31. The maximum Gasteiger partial charge on any atom is 0.151 e. The molecule has 0 amide bonds. The van der Waals surface area contributed by atoms with Crippen molar-refractivity contribution in [1.29, 1.82) is 0 Å². The SMILES string of the molecule is COc1ccnc2c1C(C)NN2C. The summed E-state index contributed by atoms with van der Waals surface area (Å²) in [4.78, 5) is 4.28. The molecule has 0 spiro atoms. The molecule has 1 aromatic rings. The number of ether oxygens (including phenoxy) is 1. The second kappa shape index (κ2) is 2.88. The average molecular weight is 179 g/mol. The van der Waals surface area contributed by atoms with Crippen LogP contribution in [0.25, 0.3) is 0 Å². The summed E-state index contributed by atoms with van der Waals surface area (Å²) in [6.45, 7) is 2.09. The summed E-state index contributed by atoms with van der Waals surface area (Å²) in [5.74, 6) is 1.85. The molecule has 2 heterocycles. The minimum Gasteiger partial charge on any atom is -0.496 e. The van der Waals surface area contributed by atoms with Crippen molar-refractivity contribution in [2.24, 2.45) is 0 Å². The van der Waals surface area contributed by atoms with Crippen LogP contribution < -0.4 is 15.2 Å². The van der Waals surface area contributed by atoms with Gasteiger partial charge in [-0.25, -0.2) is 10.4 Å². The van der Waals surface area contributed by atoms with Gasteiger partial charge < -0.3 is 4.74 Å². The predicted octanol–water partition coefficient (Wildman–Crippen LogP) is 1.11. The second-order valence-electron chi connectivity index (χ2n) is 3.16.